The fraction of sp³-hybridized carbons (Fsp3) is 0.310. The predicted octanol–water partition coefficient (Wildman–Crippen LogP) is 5.62. The van der Waals surface area contributed by atoms with Crippen LogP contribution in [-0.2, 0) is 26.2 Å². The van der Waals surface area contributed by atoms with Crippen molar-refractivity contribution in [3.8, 4) is 0 Å². The molecule has 0 saturated carbocycles. The van der Waals surface area contributed by atoms with E-state index in [0.717, 1.165) is 24.8 Å². The lowest BCUT2D eigenvalue weighted by atomic mass is 10.1. The number of hydrogen-bond donors (Lipinski definition) is 1. The molecule has 0 aliphatic rings. The molecule has 0 fully saturated rings. The van der Waals surface area contributed by atoms with Gasteiger partial charge in [-0.1, -0.05) is 45.8 Å². The molecule has 0 spiro atoms. The number of thioether (sulfide) groups is 1. The lowest BCUT2D eigenvalue weighted by molar-refractivity contribution is -0.139. The van der Waals surface area contributed by atoms with Gasteiger partial charge in [0.1, 0.15) is 12.6 Å². The molecule has 7 nitrogen and oxygen atoms in total. The summed E-state index contributed by atoms with van der Waals surface area (Å²) in [6, 6.07) is 20.1. The molecule has 3 aromatic rings. The summed E-state index contributed by atoms with van der Waals surface area (Å²) >= 11 is 4.93. The summed E-state index contributed by atoms with van der Waals surface area (Å²) in [4.78, 5) is 29.3. The molecule has 0 aliphatic heterocycles. The van der Waals surface area contributed by atoms with E-state index in [1.54, 1.807) is 55.5 Å². The van der Waals surface area contributed by atoms with Crippen molar-refractivity contribution >= 4 is 55.2 Å². The number of nitrogens with one attached hydrogen (secondary N) is 1. The van der Waals surface area contributed by atoms with Crippen molar-refractivity contribution in [2.75, 3.05) is 17.1 Å². The number of rotatable bonds is 11. The van der Waals surface area contributed by atoms with Crippen LogP contribution < -0.4 is 9.62 Å². The molecule has 3 rings (SSSR count). The van der Waals surface area contributed by atoms with Crippen molar-refractivity contribution in [3.63, 3.8) is 0 Å². The maximum atomic E-state index is 13.9. The van der Waals surface area contributed by atoms with Crippen molar-refractivity contribution in [1.29, 1.82) is 0 Å². The van der Waals surface area contributed by atoms with E-state index in [4.69, 9.17) is 0 Å². The number of amides is 2. The zero-order chi connectivity index (χ0) is 28.7. The Kier molecular flexibility index (Phi) is 10.6. The van der Waals surface area contributed by atoms with Crippen molar-refractivity contribution in [2.24, 2.45) is 0 Å². The molecule has 0 radical (unpaired) electrons. The fourth-order valence-corrected chi connectivity index (χ4v) is 5.98. The van der Waals surface area contributed by atoms with Crippen molar-refractivity contribution in [1.82, 2.24) is 10.2 Å². The number of halogens is 1. The molecule has 2 amide bonds. The van der Waals surface area contributed by atoms with Crippen molar-refractivity contribution in [2.45, 2.75) is 56.1 Å². The van der Waals surface area contributed by atoms with Crippen LogP contribution in [0.15, 0.2) is 87.1 Å². The van der Waals surface area contributed by atoms with Crippen LogP contribution in [0.4, 0.5) is 5.69 Å². The summed E-state index contributed by atoms with van der Waals surface area (Å²) in [6.45, 7) is 6.93. The second-order valence-electron chi connectivity index (χ2n) is 9.51. The van der Waals surface area contributed by atoms with Gasteiger partial charge in [0.25, 0.3) is 10.0 Å². The van der Waals surface area contributed by atoms with Gasteiger partial charge in [-0.05, 0) is 88.0 Å². The first-order valence-electron chi connectivity index (χ1n) is 12.5. The van der Waals surface area contributed by atoms with Gasteiger partial charge in [-0.2, -0.15) is 0 Å². The second kappa shape index (κ2) is 13.5. The van der Waals surface area contributed by atoms with E-state index in [0.29, 0.717) is 5.69 Å². The Morgan fingerprint density at radius 1 is 0.923 bits per heavy atom. The molecule has 0 heterocycles. The molecule has 39 heavy (non-hydrogen) atoms. The molecule has 0 aliphatic carbocycles. The minimum atomic E-state index is -4.09. The molecule has 3 aromatic carbocycles. The SMILES string of the molecule is CSc1ccc(S(=O)(=O)N(CC(=O)N(Cc2ccc(Br)cc2)C(C)C(=O)NC(C)C)c2ccc(C)cc2)cc1. The summed E-state index contributed by atoms with van der Waals surface area (Å²) in [5.74, 6) is -0.804. The maximum absolute atomic E-state index is 13.9. The number of anilines is 1. The largest absolute Gasteiger partial charge is 0.352 e. The number of sulfonamides is 1. The molecular formula is C29H34BrN3O4S2. The Labute approximate surface area is 244 Å². The zero-order valence-corrected chi connectivity index (χ0v) is 25.9. The highest BCUT2D eigenvalue weighted by Crippen LogP contribution is 2.26. The number of nitrogens with zero attached hydrogens (tertiary/aromatic N) is 2. The quantitative estimate of drug-likeness (QED) is 0.278. The van der Waals surface area contributed by atoms with Crippen LogP contribution in [0.1, 0.15) is 31.9 Å². The summed E-state index contributed by atoms with van der Waals surface area (Å²) in [5.41, 5.74) is 2.14. The lowest BCUT2D eigenvalue weighted by Crippen LogP contribution is -2.52. The molecule has 0 aromatic heterocycles. The van der Waals surface area contributed by atoms with Crippen LogP contribution in [0.5, 0.6) is 0 Å². The first-order chi connectivity index (χ1) is 18.4. The van der Waals surface area contributed by atoms with E-state index < -0.39 is 28.5 Å². The van der Waals surface area contributed by atoms with Gasteiger partial charge in [0.05, 0.1) is 10.6 Å². The van der Waals surface area contributed by atoms with Crippen LogP contribution in [0.3, 0.4) is 0 Å². The van der Waals surface area contributed by atoms with Gasteiger partial charge in [0.15, 0.2) is 0 Å². The molecule has 10 heteroatoms. The Morgan fingerprint density at radius 3 is 2.05 bits per heavy atom. The van der Waals surface area contributed by atoms with Gasteiger partial charge in [0.2, 0.25) is 11.8 Å². The van der Waals surface area contributed by atoms with Gasteiger partial charge in [-0.25, -0.2) is 8.42 Å². The lowest BCUT2D eigenvalue weighted by Gasteiger charge is -2.32. The number of carbonyl (C=O) groups excluding carboxylic acids is 2. The highest BCUT2D eigenvalue weighted by atomic mass is 79.9. The molecular weight excluding hydrogens is 598 g/mol. The highest BCUT2D eigenvalue weighted by molar-refractivity contribution is 9.10. The minimum Gasteiger partial charge on any atom is -0.352 e. The summed E-state index contributed by atoms with van der Waals surface area (Å²) in [7, 11) is -4.09. The second-order valence-corrected chi connectivity index (χ2v) is 13.2. The molecule has 0 saturated heterocycles. The van der Waals surface area contributed by atoms with E-state index in [9.17, 15) is 18.0 Å². The van der Waals surface area contributed by atoms with Crippen molar-refractivity contribution in [3.05, 3.63) is 88.4 Å². The first-order valence-corrected chi connectivity index (χ1v) is 16.0. The molecule has 1 N–H and O–H groups in total. The Bertz CT molecular complexity index is 1380. The van der Waals surface area contributed by atoms with Crippen LogP contribution in [0.2, 0.25) is 0 Å². The third-order valence-corrected chi connectivity index (χ3v) is 9.17. The smallest absolute Gasteiger partial charge is 0.264 e. The summed E-state index contributed by atoms with van der Waals surface area (Å²) in [5, 5.41) is 2.86. The number of hydrogen-bond acceptors (Lipinski definition) is 5. The van der Waals surface area contributed by atoms with Gasteiger partial charge in [-0.15, -0.1) is 11.8 Å². The first kappa shape index (κ1) is 30.7. The Morgan fingerprint density at radius 2 is 1.51 bits per heavy atom. The van der Waals surface area contributed by atoms with Crippen LogP contribution >= 0.6 is 27.7 Å². The third-order valence-electron chi connectivity index (χ3n) is 6.11. The molecule has 208 valence electrons. The van der Waals surface area contributed by atoms with E-state index in [-0.39, 0.29) is 23.4 Å². The summed E-state index contributed by atoms with van der Waals surface area (Å²) < 4.78 is 29.8. The highest BCUT2D eigenvalue weighted by Gasteiger charge is 2.32. The fourth-order valence-electron chi connectivity index (χ4n) is 3.89. The standard InChI is InChI=1S/C29H34BrN3O4S2/c1-20(2)31-29(35)22(4)32(18-23-8-10-24(30)11-9-23)28(34)19-33(25-12-6-21(3)7-13-25)39(36,37)27-16-14-26(38-5)15-17-27/h6-17,20,22H,18-19H2,1-5H3,(H,31,35). The zero-order valence-electron chi connectivity index (χ0n) is 22.7. The van der Waals surface area contributed by atoms with Gasteiger partial charge in [0, 0.05) is 22.0 Å². The van der Waals surface area contributed by atoms with E-state index in [1.807, 2.05) is 51.3 Å². The average molecular weight is 633 g/mol. The third kappa shape index (κ3) is 8.09. The van der Waals surface area contributed by atoms with E-state index in [2.05, 4.69) is 21.2 Å². The normalized spacial score (nSPS) is 12.2. The van der Waals surface area contributed by atoms with Crippen LogP contribution in [0.25, 0.3) is 0 Å². The number of carbonyl (C=O) groups is 2. The monoisotopic (exact) mass is 631 g/mol. The van der Waals surface area contributed by atoms with Gasteiger partial charge >= 0.3 is 0 Å². The van der Waals surface area contributed by atoms with Crippen LogP contribution in [-0.4, -0.2) is 50.0 Å². The van der Waals surface area contributed by atoms with E-state index >= 15 is 0 Å². The van der Waals surface area contributed by atoms with Gasteiger partial charge < -0.3 is 10.2 Å². The Balaban J connectivity index is 2.02. The van der Waals surface area contributed by atoms with E-state index in [1.165, 1.54) is 16.7 Å². The number of aryl methyl sites for hydroxylation is 1. The van der Waals surface area contributed by atoms with Crippen molar-refractivity contribution < 1.29 is 18.0 Å². The summed E-state index contributed by atoms with van der Waals surface area (Å²) in [6.07, 6.45) is 1.91. The number of benzene rings is 3. The van der Waals surface area contributed by atoms with Gasteiger partial charge in [-0.3, -0.25) is 13.9 Å². The maximum Gasteiger partial charge on any atom is 0.264 e. The average Bonchev–Trinajstić information content (AvgIpc) is 2.91. The molecule has 1 atom stereocenters. The molecule has 0 bridgehead atoms. The Hall–Kier alpha value is -2.82. The minimum absolute atomic E-state index is 0.0822. The topological polar surface area (TPSA) is 86.8 Å². The predicted molar refractivity (Wildman–Crippen MR) is 161 cm³/mol. The van der Waals surface area contributed by atoms with Crippen LogP contribution in [0, 0.1) is 6.92 Å². The molecule has 1 unspecified atom stereocenters.